The van der Waals surface area contributed by atoms with Crippen LogP contribution in [-0.2, 0) is 4.79 Å². The molecule has 2 N–H and O–H groups in total. The molecule has 1 heterocycles. The number of nitrogens with one attached hydrogen (secondary N) is 1. The Morgan fingerprint density at radius 1 is 1.25 bits per heavy atom. The van der Waals surface area contributed by atoms with Crippen LogP contribution in [0.3, 0.4) is 0 Å². The van der Waals surface area contributed by atoms with Gasteiger partial charge in [-0.1, -0.05) is 41.9 Å². The van der Waals surface area contributed by atoms with Crippen LogP contribution in [0.5, 0.6) is 0 Å². The lowest BCUT2D eigenvalue weighted by Crippen LogP contribution is -2.32. The number of aromatic nitrogens is 2. The summed E-state index contributed by atoms with van der Waals surface area (Å²) in [5.41, 5.74) is 0.991. The SMILES string of the molecule is C[C@H](NC(=O)[C@@H](O)c1ccccc1)c1nccnc1Cl. The molecule has 5 nitrogen and oxygen atoms in total. The predicted molar refractivity (Wildman–Crippen MR) is 75.0 cm³/mol. The van der Waals surface area contributed by atoms with Crippen molar-refractivity contribution in [3.63, 3.8) is 0 Å². The Hall–Kier alpha value is -1.98. The molecule has 20 heavy (non-hydrogen) atoms. The Morgan fingerprint density at radius 2 is 1.90 bits per heavy atom. The molecule has 0 spiro atoms. The summed E-state index contributed by atoms with van der Waals surface area (Å²) < 4.78 is 0. The minimum absolute atomic E-state index is 0.231. The molecule has 1 amide bonds. The highest BCUT2D eigenvalue weighted by Gasteiger charge is 2.21. The summed E-state index contributed by atoms with van der Waals surface area (Å²) in [6.07, 6.45) is 1.74. The van der Waals surface area contributed by atoms with Crippen molar-refractivity contribution in [2.24, 2.45) is 0 Å². The van der Waals surface area contributed by atoms with Crippen molar-refractivity contribution in [3.8, 4) is 0 Å². The zero-order valence-electron chi connectivity index (χ0n) is 10.8. The quantitative estimate of drug-likeness (QED) is 0.904. The Bertz CT molecular complexity index is 592. The molecular weight excluding hydrogens is 278 g/mol. The standard InChI is InChI=1S/C14H14ClN3O2/c1-9(11-13(15)17-8-7-16-11)18-14(20)12(19)10-5-3-2-4-6-10/h2-9,12,19H,1H3,(H,18,20)/t9-,12-/m0/s1. The van der Waals surface area contributed by atoms with Gasteiger partial charge in [0, 0.05) is 12.4 Å². The third-order valence-electron chi connectivity index (χ3n) is 2.81. The van der Waals surface area contributed by atoms with E-state index in [0.29, 0.717) is 11.3 Å². The largest absolute Gasteiger partial charge is 0.378 e. The summed E-state index contributed by atoms with van der Waals surface area (Å²) in [4.78, 5) is 20.0. The first-order valence-electron chi connectivity index (χ1n) is 6.09. The first kappa shape index (κ1) is 14.4. The number of carbonyl (C=O) groups is 1. The monoisotopic (exact) mass is 291 g/mol. The maximum atomic E-state index is 12.0. The summed E-state index contributed by atoms with van der Waals surface area (Å²) in [6, 6.07) is 8.26. The van der Waals surface area contributed by atoms with Gasteiger partial charge in [0.2, 0.25) is 0 Å². The van der Waals surface area contributed by atoms with E-state index < -0.39 is 18.1 Å². The fourth-order valence-electron chi connectivity index (χ4n) is 1.77. The topological polar surface area (TPSA) is 75.1 Å². The Morgan fingerprint density at radius 3 is 2.55 bits per heavy atom. The number of carbonyl (C=O) groups excluding carboxylic acids is 1. The fraction of sp³-hybridized carbons (Fsp3) is 0.214. The van der Waals surface area contributed by atoms with Gasteiger partial charge in [-0.05, 0) is 12.5 Å². The van der Waals surface area contributed by atoms with Crippen molar-refractivity contribution in [1.82, 2.24) is 15.3 Å². The highest BCUT2D eigenvalue weighted by Crippen LogP contribution is 2.19. The Balaban J connectivity index is 2.07. The number of hydrogen-bond acceptors (Lipinski definition) is 4. The minimum Gasteiger partial charge on any atom is -0.378 e. The van der Waals surface area contributed by atoms with Crippen molar-refractivity contribution in [3.05, 3.63) is 59.1 Å². The molecule has 2 aromatic rings. The van der Waals surface area contributed by atoms with Crippen LogP contribution >= 0.6 is 11.6 Å². The van der Waals surface area contributed by atoms with E-state index in [2.05, 4.69) is 15.3 Å². The average Bonchev–Trinajstić information content (AvgIpc) is 2.47. The molecule has 0 saturated carbocycles. The van der Waals surface area contributed by atoms with Crippen LogP contribution in [0.1, 0.15) is 30.3 Å². The number of nitrogens with zero attached hydrogens (tertiary/aromatic N) is 2. The normalized spacial score (nSPS) is 13.6. The molecule has 0 aliphatic heterocycles. The average molecular weight is 292 g/mol. The van der Waals surface area contributed by atoms with Crippen LogP contribution in [0.2, 0.25) is 5.15 Å². The van der Waals surface area contributed by atoms with Gasteiger partial charge in [0.1, 0.15) is 0 Å². The van der Waals surface area contributed by atoms with Crippen LogP contribution in [0.25, 0.3) is 0 Å². The molecule has 6 heteroatoms. The molecule has 0 bridgehead atoms. The summed E-state index contributed by atoms with van der Waals surface area (Å²) in [5.74, 6) is -0.509. The van der Waals surface area contributed by atoms with Crippen molar-refractivity contribution in [2.45, 2.75) is 19.1 Å². The zero-order valence-corrected chi connectivity index (χ0v) is 11.6. The number of benzene rings is 1. The Labute approximate surface area is 121 Å². The Kier molecular flexibility index (Phi) is 4.65. The van der Waals surface area contributed by atoms with Crippen LogP contribution in [0.15, 0.2) is 42.7 Å². The third-order valence-corrected chi connectivity index (χ3v) is 3.10. The number of aliphatic hydroxyl groups excluding tert-OH is 1. The van der Waals surface area contributed by atoms with Crippen molar-refractivity contribution < 1.29 is 9.90 Å². The second kappa shape index (κ2) is 6.45. The molecule has 0 fully saturated rings. The van der Waals surface area contributed by atoms with E-state index in [0.717, 1.165) is 0 Å². The molecule has 1 aromatic carbocycles. The maximum Gasteiger partial charge on any atom is 0.254 e. The first-order valence-corrected chi connectivity index (χ1v) is 6.47. The smallest absolute Gasteiger partial charge is 0.254 e. The van der Waals surface area contributed by atoms with E-state index in [1.54, 1.807) is 31.2 Å². The van der Waals surface area contributed by atoms with Gasteiger partial charge in [0.25, 0.3) is 5.91 Å². The van der Waals surface area contributed by atoms with E-state index in [-0.39, 0.29) is 5.15 Å². The highest BCUT2D eigenvalue weighted by atomic mass is 35.5. The first-order chi connectivity index (χ1) is 9.59. The minimum atomic E-state index is -1.23. The second-order valence-corrected chi connectivity index (χ2v) is 4.63. The lowest BCUT2D eigenvalue weighted by atomic mass is 10.1. The molecule has 0 radical (unpaired) electrons. The number of aliphatic hydroxyl groups is 1. The van der Waals surface area contributed by atoms with E-state index in [9.17, 15) is 9.90 Å². The molecule has 0 aliphatic rings. The van der Waals surface area contributed by atoms with Gasteiger partial charge in [-0.15, -0.1) is 0 Å². The number of hydrogen-bond donors (Lipinski definition) is 2. The van der Waals surface area contributed by atoms with Crippen molar-refractivity contribution in [2.75, 3.05) is 0 Å². The van der Waals surface area contributed by atoms with Gasteiger partial charge < -0.3 is 10.4 Å². The van der Waals surface area contributed by atoms with Gasteiger partial charge >= 0.3 is 0 Å². The van der Waals surface area contributed by atoms with Crippen molar-refractivity contribution >= 4 is 17.5 Å². The lowest BCUT2D eigenvalue weighted by Gasteiger charge is -2.17. The van der Waals surface area contributed by atoms with Crippen molar-refractivity contribution in [1.29, 1.82) is 0 Å². The van der Waals surface area contributed by atoms with E-state index in [4.69, 9.17) is 11.6 Å². The molecule has 104 valence electrons. The summed E-state index contributed by atoms with van der Waals surface area (Å²) >= 11 is 5.91. The summed E-state index contributed by atoms with van der Waals surface area (Å²) in [5, 5.41) is 12.9. The molecule has 0 saturated heterocycles. The van der Waals surface area contributed by atoms with Crippen LogP contribution < -0.4 is 5.32 Å². The lowest BCUT2D eigenvalue weighted by molar-refractivity contribution is -0.130. The van der Waals surface area contributed by atoms with Gasteiger partial charge in [-0.25, -0.2) is 4.98 Å². The van der Waals surface area contributed by atoms with Gasteiger partial charge in [0.05, 0.1) is 11.7 Å². The van der Waals surface area contributed by atoms with Crippen LogP contribution in [0.4, 0.5) is 0 Å². The molecule has 2 rings (SSSR count). The molecule has 0 unspecified atom stereocenters. The third kappa shape index (κ3) is 3.31. The number of rotatable bonds is 4. The summed E-state index contributed by atoms with van der Waals surface area (Å²) in [7, 11) is 0. The highest BCUT2D eigenvalue weighted by molar-refractivity contribution is 6.30. The van der Waals surface area contributed by atoms with Crippen LogP contribution in [-0.4, -0.2) is 21.0 Å². The summed E-state index contributed by atoms with van der Waals surface area (Å²) in [6.45, 7) is 1.73. The van der Waals surface area contributed by atoms with Gasteiger partial charge in [-0.2, -0.15) is 0 Å². The van der Waals surface area contributed by atoms with Gasteiger partial charge in [0.15, 0.2) is 11.3 Å². The maximum absolute atomic E-state index is 12.0. The molecule has 1 aromatic heterocycles. The number of amides is 1. The molecular formula is C14H14ClN3O2. The predicted octanol–water partition coefficient (Wildman–Crippen LogP) is 2.04. The fourth-order valence-corrected chi connectivity index (χ4v) is 2.04. The van der Waals surface area contributed by atoms with E-state index in [1.807, 2.05) is 6.07 Å². The van der Waals surface area contributed by atoms with Crippen LogP contribution in [0, 0.1) is 0 Å². The number of halogens is 1. The second-order valence-electron chi connectivity index (χ2n) is 4.28. The zero-order chi connectivity index (χ0) is 14.5. The van der Waals surface area contributed by atoms with E-state index >= 15 is 0 Å². The molecule has 2 atom stereocenters. The molecule has 0 aliphatic carbocycles. The van der Waals surface area contributed by atoms with Gasteiger partial charge in [-0.3, -0.25) is 9.78 Å². The van der Waals surface area contributed by atoms with E-state index in [1.165, 1.54) is 12.4 Å².